The molecule has 2 unspecified atom stereocenters. The van der Waals surface area contributed by atoms with Gasteiger partial charge in [0.2, 0.25) is 5.88 Å². The minimum atomic E-state index is -4.69. The van der Waals surface area contributed by atoms with Gasteiger partial charge < -0.3 is 44.3 Å². The van der Waals surface area contributed by atoms with E-state index in [9.17, 15) is 28.4 Å². The molecule has 5 atom stereocenters. The number of piperazine rings is 1. The summed E-state index contributed by atoms with van der Waals surface area (Å²) < 4.78 is 64.8. The SMILES string of the molecule is CC(C)Oc1ccccc1[C@H]1CN(C)CCN1C1CC2(CCN(c3ccc(C(=O)NS(=O)(=O)c4ccc(NC[C@H]5CC[C@](C)(O)CC5)c([N+](=O)[O-])c4)c(N4c5cc6c(F)c[nH]c6nc5O[C@H]5COCC[C@@H]54)c3)CC2)C1C. The zero-order valence-corrected chi connectivity index (χ0v) is 44.8. The third-order valence-corrected chi connectivity index (χ3v) is 18.9. The zero-order chi connectivity index (χ0) is 53.3. The van der Waals surface area contributed by atoms with Crippen LogP contribution in [0, 0.1) is 33.2 Å². The number of para-hydroxylation sites is 1. The number of nitro benzene ring substituents is 1. The predicted octanol–water partition coefficient (Wildman–Crippen LogP) is 8.54. The van der Waals surface area contributed by atoms with E-state index in [4.69, 9.17) is 14.2 Å². The molecule has 4 N–H and O–H groups in total. The number of pyridine rings is 1. The van der Waals surface area contributed by atoms with Crippen molar-refractivity contribution in [1.82, 2.24) is 24.5 Å². The summed E-state index contributed by atoms with van der Waals surface area (Å²) in [6, 6.07) is 19.3. The highest BCUT2D eigenvalue weighted by molar-refractivity contribution is 7.90. The molecular formula is C56H70FN9O9S. The first-order valence-corrected chi connectivity index (χ1v) is 28.5. The summed E-state index contributed by atoms with van der Waals surface area (Å²) in [7, 11) is -2.49. The van der Waals surface area contributed by atoms with Crippen molar-refractivity contribution in [3.8, 4) is 11.6 Å². The Morgan fingerprint density at radius 3 is 2.54 bits per heavy atom. The van der Waals surface area contributed by atoms with Crippen LogP contribution in [0.2, 0.25) is 0 Å². The van der Waals surface area contributed by atoms with Crippen LogP contribution in [-0.4, -0.2) is 134 Å². The van der Waals surface area contributed by atoms with Crippen LogP contribution in [0.3, 0.4) is 0 Å². The fourth-order valence-corrected chi connectivity index (χ4v) is 14.1. The van der Waals surface area contributed by atoms with Crippen molar-refractivity contribution in [2.45, 2.75) is 120 Å². The third kappa shape index (κ3) is 9.95. The number of ether oxygens (including phenoxy) is 3. The number of likely N-dealkylation sites (N-methyl/N-ethyl adjacent to an activating group) is 1. The Morgan fingerprint density at radius 1 is 1.01 bits per heavy atom. The number of aliphatic hydroxyl groups is 1. The minimum Gasteiger partial charge on any atom is -0.491 e. The van der Waals surface area contributed by atoms with Crippen molar-refractivity contribution >= 4 is 55.4 Å². The molecule has 5 fully saturated rings. The standard InChI is InChI=1S/C56H70FN9O9S/c1-34(2)74-50-9-7-6-8-39(50)49-32-62(5)23-24-64(49)48-29-56(35(48)3)19-21-63(22-20-56)37-10-12-40(45(26-37)65-44-16-25-73-33-51(44)75-54-47(65)28-41-42(57)31-59-52(41)60-54)53(67)61-76(71,72)38-11-13-43(46(27-38)66(69)70)58-30-36-14-17-55(4,68)18-15-36/h6-13,26-28,31,34-36,44,48-49,51,58,68H,14-25,29-30,32-33H2,1-5H3,(H,59,60)(H,61,67)/t35?,36-,44-,48?,49+,51-,55-/m0/s1. The Labute approximate surface area is 443 Å². The molecule has 3 aromatic carbocycles. The lowest BCUT2D eigenvalue weighted by atomic mass is 9.53. The molecule has 20 heteroatoms. The van der Waals surface area contributed by atoms with E-state index in [-0.39, 0.29) is 58.2 Å². The van der Waals surface area contributed by atoms with Crippen LogP contribution in [0.5, 0.6) is 11.6 Å². The van der Waals surface area contributed by atoms with Gasteiger partial charge in [0.15, 0.2) is 0 Å². The van der Waals surface area contributed by atoms with E-state index in [0.29, 0.717) is 55.7 Å². The Hall–Kier alpha value is -6.06. The Kier molecular flexibility index (Phi) is 14.0. The topological polar surface area (TPSA) is 208 Å². The maximum atomic E-state index is 15.4. The summed E-state index contributed by atoms with van der Waals surface area (Å²) in [5.41, 5.74) is 2.27. The highest BCUT2D eigenvalue weighted by Gasteiger charge is 2.55. The van der Waals surface area contributed by atoms with Gasteiger partial charge in [0.25, 0.3) is 21.6 Å². The lowest BCUT2D eigenvalue weighted by molar-refractivity contribution is -0.384. The molecule has 4 aliphatic heterocycles. The van der Waals surface area contributed by atoms with E-state index >= 15 is 4.39 Å². The van der Waals surface area contributed by atoms with Crippen LogP contribution >= 0.6 is 0 Å². The number of anilines is 4. The van der Waals surface area contributed by atoms with Gasteiger partial charge >= 0.3 is 0 Å². The first kappa shape index (κ1) is 52.0. The van der Waals surface area contributed by atoms with Gasteiger partial charge in [-0.1, -0.05) is 25.1 Å². The number of fused-ring (bicyclic) bond motifs is 3. The number of aromatic amines is 1. The average Bonchev–Trinajstić information content (AvgIpc) is 3.77. The predicted molar refractivity (Wildman–Crippen MR) is 288 cm³/mol. The minimum absolute atomic E-state index is 0.0188. The maximum Gasteiger partial charge on any atom is 0.293 e. The molecule has 2 saturated carbocycles. The summed E-state index contributed by atoms with van der Waals surface area (Å²) in [6.45, 7) is 13.8. The van der Waals surface area contributed by atoms with Gasteiger partial charge in [-0.2, -0.15) is 4.98 Å². The van der Waals surface area contributed by atoms with Gasteiger partial charge in [-0.15, -0.1) is 0 Å². The molecule has 2 aliphatic carbocycles. The number of hydrogen-bond acceptors (Lipinski definition) is 15. The molecular weight excluding hydrogens is 994 g/mol. The van der Waals surface area contributed by atoms with E-state index in [1.807, 2.05) is 23.1 Å². The molecule has 5 aromatic rings. The number of carbonyl (C=O) groups excluding carboxylic acids is 1. The van der Waals surface area contributed by atoms with Gasteiger partial charge in [-0.3, -0.25) is 19.8 Å². The Morgan fingerprint density at radius 2 is 1.79 bits per heavy atom. The van der Waals surface area contributed by atoms with Crippen LogP contribution in [0.1, 0.15) is 101 Å². The highest BCUT2D eigenvalue weighted by atomic mass is 32.2. The second-order valence-corrected chi connectivity index (χ2v) is 24.5. The first-order chi connectivity index (χ1) is 36.4. The lowest BCUT2D eigenvalue weighted by Crippen LogP contribution is -2.64. The van der Waals surface area contributed by atoms with E-state index in [1.165, 1.54) is 23.9 Å². The number of amides is 1. The molecule has 11 rings (SSSR count). The number of H-pyrrole nitrogens is 1. The molecule has 3 saturated heterocycles. The number of rotatable bonds is 13. The normalized spacial score (nSPS) is 26.8. The van der Waals surface area contributed by atoms with E-state index in [0.717, 1.165) is 82.3 Å². The van der Waals surface area contributed by atoms with Crippen LogP contribution in [0.4, 0.5) is 32.8 Å². The second-order valence-electron chi connectivity index (χ2n) is 22.8. The highest BCUT2D eigenvalue weighted by Crippen LogP contribution is 2.57. The first-order valence-electron chi connectivity index (χ1n) is 27.0. The molecule has 0 bridgehead atoms. The van der Waals surface area contributed by atoms with Crippen molar-refractivity contribution < 1.29 is 41.8 Å². The summed E-state index contributed by atoms with van der Waals surface area (Å²) in [4.78, 5) is 43.0. The number of halogens is 1. The summed E-state index contributed by atoms with van der Waals surface area (Å²) in [6.07, 6.45) is 6.98. The quantitative estimate of drug-likeness (QED) is 0.0644. The smallest absolute Gasteiger partial charge is 0.293 e. The van der Waals surface area contributed by atoms with Crippen LogP contribution < -0.4 is 29.3 Å². The van der Waals surface area contributed by atoms with E-state index in [2.05, 4.69) is 80.7 Å². The number of piperidine rings is 1. The molecule has 1 spiro atoms. The van der Waals surface area contributed by atoms with Crippen molar-refractivity contribution in [3.63, 3.8) is 0 Å². The number of nitrogens with zero attached hydrogens (tertiary/aromatic N) is 6. The van der Waals surface area contributed by atoms with Crippen molar-refractivity contribution in [2.75, 3.05) is 74.6 Å². The van der Waals surface area contributed by atoms with Gasteiger partial charge in [0, 0.05) is 75.4 Å². The van der Waals surface area contributed by atoms with Crippen molar-refractivity contribution in [3.05, 3.63) is 100.0 Å². The van der Waals surface area contributed by atoms with E-state index < -0.39 is 55.0 Å². The van der Waals surface area contributed by atoms with Gasteiger partial charge in [-0.25, -0.2) is 17.5 Å². The largest absolute Gasteiger partial charge is 0.491 e. The monoisotopic (exact) mass is 1060 g/mol. The van der Waals surface area contributed by atoms with Gasteiger partial charge in [0.1, 0.15) is 34.7 Å². The molecule has 0 radical (unpaired) electrons. The van der Waals surface area contributed by atoms with Crippen LogP contribution in [-0.2, 0) is 14.8 Å². The molecule has 1 amide bonds. The number of carbonyl (C=O) groups is 1. The number of hydrogen-bond donors (Lipinski definition) is 4. The summed E-state index contributed by atoms with van der Waals surface area (Å²) >= 11 is 0. The number of benzene rings is 3. The number of aromatic nitrogens is 2. The van der Waals surface area contributed by atoms with Crippen molar-refractivity contribution in [1.29, 1.82) is 0 Å². The number of sulfonamides is 1. The lowest BCUT2D eigenvalue weighted by Gasteiger charge is -2.62. The van der Waals surface area contributed by atoms with Gasteiger partial charge in [0.05, 0.1) is 56.9 Å². The Balaban J connectivity index is 0.877. The van der Waals surface area contributed by atoms with Crippen LogP contribution in [0.15, 0.2) is 77.8 Å². The molecule has 2 aromatic heterocycles. The molecule has 76 heavy (non-hydrogen) atoms. The Bertz CT molecular complexity index is 3120. The van der Waals surface area contributed by atoms with Crippen LogP contribution in [0.25, 0.3) is 11.0 Å². The summed E-state index contributed by atoms with van der Waals surface area (Å²) in [5, 5.41) is 26.2. The average molecular weight is 1060 g/mol. The number of nitro groups is 1. The molecule has 406 valence electrons. The third-order valence-electron chi connectivity index (χ3n) is 17.6. The molecule has 6 heterocycles. The summed E-state index contributed by atoms with van der Waals surface area (Å²) in [5.74, 6) is 0.307. The fourth-order valence-electron chi connectivity index (χ4n) is 13.1. The van der Waals surface area contributed by atoms with Crippen molar-refractivity contribution in [2.24, 2.45) is 17.3 Å². The van der Waals surface area contributed by atoms with Gasteiger partial charge in [-0.05, 0) is 139 Å². The maximum absolute atomic E-state index is 15.4. The molecule has 18 nitrogen and oxygen atoms in total. The second kappa shape index (κ2) is 20.4. The fraction of sp³-hybridized carbons (Fsp3) is 0.536. The zero-order valence-electron chi connectivity index (χ0n) is 44.0. The van der Waals surface area contributed by atoms with E-state index in [1.54, 1.807) is 19.1 Å². The molecule has 6 aliphatic rings. The number of nitrogens with one attached hydrogen (secondary N) is 3.